The Morgan fingerprint density at radius 2 is 2.23 bits per heavy atom. The SMILES string of the molecule is O=C(OC[C@@H]1CO1)[C@@H]1CCCCO1. The number of hydrogen-bond donors (Lipinski definition) is 0. The third-order valence-electron chi connectivity index (χ3n) is 2.26. The smallest absolute Gasteiger partial charge is 0.335 e. The van der Waals surface area contributed by atoms with Gasteiger partial charge >= 0.3 is 5.97 Å². The third-order valence-corrected chi connectivity index (χ3v) is 2.26. The Morgan fingerprint density at radius 3 is 2.85 bits per heavy atom. The van der Waals surface area contributed by atoms with E-state index in [-0.39, 0.29) is 18.2 Å². The molecule has 4 heteroatoms. The summed E-state index contributed by atoms with van der Waals surface area (Å²) in [6.45, 7) is 1.79. The van der Waals surface area contributed by atoms with Crippen LogP contribution in [0, 0.1) is 0 Å². The highest BCUT2D eigenvalue weighted by Crippen LogP contribution is 2.15. The fraction of sp³-hybridized carbons (Fsp3) is 0.889. The molecular weight excluding hydrogens is 172 g/mol. The molecule has 0 aromatic carbocycles. The molecule has 0 aromatic heterocycles. The predicted octanol–water partition coefficient (Wildman–Crippen LogP) is 0.497. The molecule has 2 aliphatic heterocycles. The van der Waals surface area contributed by atoms with E-state index in [1.807, 2.05) is 0 Å². The number of rotatable bonds is 3. The molecule has 2 aliphatic rings. The van der Waals surface area contributed by atoms with Crippen LogP contribution in [0.4, 0.5) is 0 Å². The van der Waals surface area contributed by atoms with E-state index >= 15 is 0 Å². The first kappa shape index (κ1) is 8.97. The largest absolute Gasteiger partial charge is 0.461 e. The van der Waals surface area contributed by atoms with Gasteiger partial charge < -0.3 is 14.2 Å². The van der Waals surface area contributed by atoms with E-state index in [1.165, 1.54) is 0 Å². The third kappa shape index (κ3) is 2.67. The molecule has 0 radical (unpaired) electrons. The summed E-state index contributed by atoms with van der Waals surface area (Å²) >= 11 is 0. The van der Waals surface area contributed by atoms with Crippen molar-refractivity contribution in [2.75, 3.05) is 19.8 Å². The zero-order valence-corrected chi connectivity index (χ0v) is 7.53. The summed E-state index contributed by atoms with van der Waals surface area (Å²) in [5, 5.41) is 0. The molecule has 0 N–H and O–H groups in total. The number of ether oxygens (including phenoxy) is 3. The first-order chi connectivity index (χ1) is 6.36. The van der Waals surface area contributed by atoms with Gasteiger partial charge in [0.05, 0.1) is 6.61 Å². The van der Waals surface area contributed by atoms with Gasteiger partial charge in [-0.05, 0) is 19.3 Å². The van der Waals surface area contributed by atoms with E-state index in [0.29, 0.717) is 13.2 Å². The molecule has 0 saturated carbocycles. The van der Waals surface area contributed by atoms with Crippen molar-refractivity contribution in [3.63, 3.8) is 0 Å². The number of esters is 1. The number of epoxide rings is 1. The van der Waals surface area contributed by atoms with Gasteiger partial charge in [-0.2, -0.15) is 0 Å². The Labute approximate surface area is 77.1 Å². The Morgan fingerprint density at radius 1 is 1.38 bits per heavy atom. The molecule has 0 aliphatic carbocycles. The van der Waals surface area contributed by atoms with E-state index < -0.39 is 0 Å². The highest BCUT2D eigenvalue weighted by atomic mass is 16.6. The van der Waals surface area contributed by atoms with Crippen molar-refractivity contribution in [3.05, 3.63) is 0 Å². The summed E-state index contributed by atoms with van der Waals surface area (Å²) in [6, 6.07) is 0. The molecule has 2 saturated heterocycles. The quantitative estimate of drug-likeness (QED) is 0.475. The maximum atomic E-state index is 11.3. The zero-order valence-electron chi connectivity index (χ0n) is 7.53. The summed E-state index contributed by atoms with van der Waals surface area (Å²) < 4.78 is 15.2. The van der Waals surface area contributed by atoms with E-state index in [0.717, 1.165) is 25.9 Å². The highest BCUT2D eigenvalue weighted by molar-refractivity contribution is 5.74. The van der Waals surface area contributed by atoms with Gasteiger partial charge in [-0.3, -0.25) is 0 Å². The van der Waals surface area contributed by atoms with Gasteiger partial charge in [-0.15, -0.1) is 0 Å². The Bertz CT molecular complexity index is 182. The van der Waals surface area contributed by atoms with Gasteiger partial charge in [-0.25, -0.2) is 4.79 Å². The van der Waals surface area contributed by atoms with Crippen LogP contribution < -0.4 is 0 Å². The molecule has 2 rings (SSSR count). The van der Waals surface area contributed by atoms with Gasteiger partial charge in [0.2, 0.25) is 0 Å². The summed E-state index contributed by atoms with van der Waals surface area (Å²) in [5.41, 5.74) is 0. The second-order valence-corrected chi connectivity index (χ2v) is 3.44. The van der Waals surface area contributed by atoms with Crippen LogP contribution in [0.2, 0.25) is 0 Å². The van der Waals surface area contributed by atoms with E-state index in [4.69, 9.17) is 14.2 Å². The average molecular weight is 186 g/mol. The second kappa shape index (κ2) is 4.07. The lowest BCUT2D eigenvalue weighted by molar-refractivity contribution is -0.160. The van der Waals surface area contributed by atoms with E-state index in [2.05, 4.69) is 0 Å². The van der Waals surface area contributed by atoms with Crippen LogP contribution in [-0.4, -0.2) is 38.0 Å². The molecule has 0 bridgehead atoms. The van der Waals surface area contributed by atoms with Crippen molar-refractivity contribution in [2.45, 2.75) is 31.5 Å². The standard InChI is InChI=1S/C9H14O4/c10-9(13-6-7-5-12-7)8-3-1-2-4-11-8/h7-8H,1-6H2/t7-,8-/m0/s1. The van der Waals surface area contributed by atoms with Crippen LogP contribution in [0.3, 0.4) is 0 Å². The van der Waals surface area contributed by atoms with Gasteiger partial charge in [0, 0.05) is 6.61 Å². The fourth-order valence-corrected chi connectivity index (χ4v) is 1.36. The van der Waals surface area contributed by atoms with Crippen molar-refractivity contribution in [1.29, 1.82) is 0 Å². The minimum absolute atomic E-state index is 0.146. The van der Waals surface area contributed by atoms with Crippen LogP contribution in [0.5, 0.6) is 0 Å². The fourth-order valence-electron chi connectivity index (χ4n) is 1.36. The van der Waals surface area contributed by atoms with Crippen molar-refractivity contribution in [1.82, 2.24) is 0 Å². The highest BCUT2D eigenvalue weighted by Gasteiger charge is 2.28. The molecule has 0 spiro atoms. The monoisotopic (exact) mass is 186 g/mol. The maximum absolute atomic E-state index is 11.3. The molecule has 0 unspecified atom stereocenters. The van der Waals surface area contributed by atoms with Crippen molar-refractivity contribution in [2.24, 2.45) is 0 Å². The maximum Gasteiger partial charge on any atom is 0.335 e. The van der Waals surface area contributed by atoms with Crippen LogP contribution in [0.25, 0.3) is 0 Å². The van der Waals surface area contributed by atoms with Gasteiger partial charge in [-0.1, -0.05) is 0 Å². The lowest BCUT2D eigenvalue weighted by Crippen LogP contribution is -2.30. The van der Waals surface area contributed by atoms with Crippen molar-refractivity contribution < 1.29 is 19.0 Å². The van der Waals surface area contributed by atoms with Crippen LogP contribution in [-0.2, 0) is 19.0 Å². The lowest BCUT2D eigenvalue weighted by atomic mass is 10.1. The first-order valence-corrected chi connectivity index (χ1v) is 4.76. The van der Waals surface area contributed by atoms with Gasteiger partial charge in [0.15, 0.2) is 6.10 Å². The van der Waals surface area contributed by atoms with E-state index in [9.17, 15) is 4.79 Å². The molecule has 13 heavy (non-hydrogen) atoms. The minimum Gasteiger partial charge on any atom is -0.461 e. The molecule has 74 valence electrons. The van der Waals surface area contributed by atoms with Crippen LogP contribution in [0.1, 0.15) is 19.3 Å². The molecule has 0 amide bonds. The predicted molar refractivity (Wildman–Crippen MR) is 44.3 cm³/mol. The number of hydrogen-bond acceptors (Lipinski definition) is 4. The Kier molecular flexibility index (Phi) is 2.80. The molecule has 0 aromatic rings. The Hall–Kier alpha value is -0.610. The summed E-state index contributed by atoms with van der Waals surface area (Å²) in [4.78, 5) is 11.3. The van der Waals surface area contributed by atoms with Gasteiger partial charge in [0.25, 0.3) is 0 Å². The summed E-state index contributed by atoms with van der Waals surface area (Å²) in [7, 11) is 0. The molecule has 2 heterocycles. The summed E-state index contributed by atoms with van der Waals surface area (Å²) in [6.07, 6.45) is 2.72. The van der Waals surface area contributed by atoms with Crippen LogP contribution in [0.15, 0.2) is 0 Å². The number of carbonyl (C=O) groups is 1. The minimum atomic E-state index is -0.326. The zero-order chi connectivity index (χ0) is 9.10. The molecular formula is C9H14O4. The topological polar surface area (TPSA) is 48.1 Å². The molecule has 2 fully saturated rings. The first-order valence-electron chi connectivity index (χ1n) is 4.76. The normalized spacial score (nSPS) is 32.6. The molecule has 4 nitrogen and oxygen atoms in total. The second-order valence-electron chi connectivity index (χ2n) is 3.44. The summed E-state index contributed by atoms with van der Waals surface area (Å²) in [5.74, 6) is -0.227. The van der Waals surface area contributed by atoms with Crippen LogP contribution >= 0.6 is 0 Å². The van der Waals surface area contributed by atoms with Crippen molar-refractivity contribution >= 4 is 5.97 Å². The number of carbonyl (C=O) groups excluding carboxylic acids is 1. The van der Waals surface area contributed by atoms with Gasteiger partial charge in [0.1, 0.15) is 12.7 Å². The van der Waals surface area contributed by atoms with Crippen molar-refractivity contribution in [3.8, 4) is 0 Å². The van der Waals surface area contributed by atoms with E-state index in [1.54, 1.807) is 0 Å². The average Bonchev–Trinajstić information content (AvgIpc) is 2.99. The Balaban J connectivity index is 1.67. The lowest BCUT2D eigenvalue weighted by Gasteiger charge is -2.20. The molecule has 2 atom stereocenters.